The molecule has 0 atom stereocenters. The van der Waals surface area contributed by atoms with Crippen LogP contribution >= 0.6 is 0 Å². The van der Waals surface area contributed by atoms with Gasteiger partial charge in [0.1, 0.15) is 0 Å². The summed E-state index contributed by atoms with van der Waals surface area (Å²) in [5.74, 6) is 0.820. The first-order valence-corrected chi connectivity index (χ1v) is 7.27. The Balaban J connectivity index is 1.94. The monoisotopic (exact) mass is 252 g/mol. The van der Waals surface area contributed by atoms with Gasteiger partial charge in [-0.15, -0.1) is 0 Å². The van der Waals surface area contributed by atoms with Crippen LogP contribution in [-0.2, 0) is 7.05 Å². The van der Waals surface area contributed by atoms with Crippen molar-refractivity contribution in [1.29, 1.82) is 0 Å². The SMILES string of the molecule is CCCCCCCCCCNc1nn(C)cc1N. The van der Waals surface area contributed by atoms with E-state index in [1.807, 2.05) is 13.2 Å². The molecule has 0 bridgehead atoms. The largest absolute Gasteiger partial charge is 0.394 e. The zero-order chi connectivity index (χ0) is 13.2. The van der Waals surface area contributed by atoms with Crippen molar-refractivity contribution < 1.29 is 0 Å². The van der Waals surface area contributed by atoms with Crippen molar-refractivity contribution in [1.82, 2.24) is 9.78 Å². The van der Waals surface area contributed by atoms with Crippen LogP contribution in [0, 0.1) is 0 Å². The average Bonchev–Trinajstić information content (AvgIpc) is 2.66. The minimum Gasteiger partial charge on any atom is -0.394 e. The second-order valence-corrected chi connectivity index (χ2v) is 5.01. The summed E-state index contributed by atoms with van der Waals surface area (Å²) >= 11 is 0. The summed E-state index contributed by atoms with van der Waals surface area (Å²) in [7, 11) is 1.89. The van der Waals surface area contributed by atoms with Gasteiger partial charge in [-0.2, -0.15) is 5.10 Å². The maximum Gasteiger partial charge on any atom is 0.171 e. The maximum absolute atomic E-state index is 5.80. The van der Waals surface area contributed by atoms with E-state index in [4.69, 9.17) is 5.73 Å². The van der Waals surface area contributed by atoms with Gasteiger partial charge >= 0.3 is 0 Å². The number of nitrogens with one attached hydrogen (secondary N) is 1. The molecule has 0 radical (unpaired) electrons. The van der Waals surface area contributed by atoms with Gasteiger partial charge in [-0.1, -0.05) is 51.9 Å². The van der Waals surface area contributed by atoms with Crippen LogP contribution in [0.5, 0.6) is 0 Å². The molecule has 104 valence electrons. The second kappa shape index (κ2) is 8.84. The highest BCUT2D eigenvalue weighted by Crippen LogP contribution is 2.14. The molecule has 18 heavy (non-hydrogen) atoms. The van der Waals surface area contributed by atoms with Crippen LogP contribution in [0.25, 0.3) is 0 Å². The Morgan fingerprint density at radius 3 is 2.28 bits per heavy atom. The molecule has 3 N–H and O–H groups in total. The molecule has 0 saturated carbocycles. The van der Waals surface area contributed by atoms with E-state index in [-0.39, 0.29) is 0 Å². The van der Waals surface area contributed by atoms with Crippen LogP contribution < -0.4 is 11.1 Å². The van der Waals surface area contributed by atoms with Gasteiger partial charge in [-0.3, -0.25) is 4.68 Å². The van der Waals surface area contributed by atoms with Crippen molar-refractivity contribution in [2.45, 2.75) is 58.3 Å². The number of anilines is 2. The molecule has 4 nitrogen and oxygen atoms in total. The molecule has 0 spiro atoms. The van der Waals surface area contributed by atoms with Crippen molar-refractivity contribution in [3.8, 4) is 0 Å². The van der Waals surface area contributed by atoms with Gasteiger partial charge < -0.3 is 11.1 Å². The predicted octanol–water partition coefficient (Wildman–Crippen LogP) is 3.55. The smallest absolute Gasteiger partial charge is 0.171 e. The number of nitrogens with two attached hydrogens (primary N) is 1. The van der Waals surface area contributed by atoms with Crippen molar-refractivity contribution in [2.75, 3.05) is 17.6 Å². The van der Waals surface area contributed by atoms with Crippen molar-refractivity contribution in [3.63, 3.8) is 0 Å². The number of nitrogens with zero attached hydrogens (tertiary/aromatic N) is 2. The van der Waals surface area contributed by atoms with Crippen LogP contribution in [0.1, 0.15) is 58.3 Å². The molecular weight excluding hydrogens is 224 g/mol. The fourth-order valence-electron chi connectivity index (χ4n) is 2.11. The van der Waals surface area contributed by atoms with Crippen molar-refractivity contribution >= 4 is 11.5 Å². The third kappa shape index (κ3) is 5.94. The summed E-state index contributed by atoms with van der Waals surface area (Å²) in [5, 5.41) is 7.55. The fraction of sp³-hybridized carbons (Fsp3) is 0.786. The molecule has 0 amide bonds. The van der Waals surface area contributed by atoms with Gasteiger partial charge in [-0.25, -0.2) is 0 Å². The summed E-state index contributed by atoms with van der Waals surface area (Å²) in [6.45, 7) is 3.23. The Morgan fingerprint density at radius 2 is 1.72 bits per heavy atom. The highest BCUT2D eigenvalue weighted by atomic mass is 15.3. The molecule has 4 heteroatoms. The molecule has 1 heterocycles. The molecule has 0 aliphatic carbocycles. The molecule has 1 aromatic heterocycles. The van der Waals surface area contributed by atoms with E-state index in [1.165, 1.54) is 51.4 Å². The Labute approximate surface area is 111 Å². The summed E-state index contributed by atoms with van der Waals surface area (Å²) < 4.78 is 1.74. The lowest BCUT2D eigenvalue weighted by molar-refractivity contribution is 0.581. The van der Waals surface area contributed by atoms with Crippen LogP contribution in [0.4, 0.5) is 11.5 Å². The lowest BCUT2D eigenvalue weighted by atomic mass is 10.1. The number of rotatable bonds is 10. The number of aromatic nitrogens is 2. The number of unbranched alkanes of at least 4 members (excludes halogenated alkanes) is 7. The van der Waals surface area contributed by atoms with E-state index in [0.29, 0.717) is 0 Å². The first kappa shape index (κ1) is 14.9. The number of hydrogen-bond donors (Lipinski definition) is 2. The average molecular weight is 252 g/mol. The van der Waals surface area contributed by atoms with Gasteiger partial charge in [0.15, 0.2) is 5.82 Å². The van der Waals surface area contributed by atoms with Crippen LogP contribution in [0.15, 0.2) is 6.20 Å². The Kier molecular flexibility index (Phi) is 7.30. The third-order valence-electron chi connectivity index (χ3n) is 3.18. The highest BCUT2D eigenvalue weighted by Gasteiger charge is 2.01. The standard InChI is InChI=1S/C14H28N4/c1-3-4-5-6-7-8-9-10-11-16-14-13(15)12-18(2)17-14/h12H,3-11,15H2,1-2H3,(H,16,17). The first-order chi connectivity index (χ1) is 8.74. The Hall–Kier alpha value is -1.19. The minimum absolute atomic E-state index is 0.733. The molecule has 0 aliphatic rings. The van der Waals surface area contributed by atoms with Crippen molar-refractivity contribution in [3.05, 3.63) is 6.20 Å². The maximum atomic E-state index is 5.80. The fourth-order valence-corrected chi connectivity index (χ4v) is 2.11. The minimum atomic E-state index is 0.733. The van der Waals surface area contributed by atoms with E-state index in [9.17, 15) is 0 Å². The summed E-state index contributed by atoms with van der Waals surface area (Å²) in [6.07, 6.45) is 12.6. The zero-order valence-electron chi connectivity index (χ0n) is 11.9. The summed E-state index contributed by atoms with van der Waals surface area (Å²) in [6, 6.07) is 0. The summed E-state index contributed by atoms with van der Waals surface area (Å²) in [4.78, 5) is 0. The van der Waals surface area contributed by atoms with Gasteiger partial charge in [-0.05, 0) is 6.42 Å². The highest BCUT2D eigenvalue weighted by molar-refractivity contribution is 5.59. The Bertz CT molecular complexity index is 320. The zero-order valence-corrected chi connectivity index (χ0v) is 11.9. The van der Waals surface area contributed by atoms with Crippen molar-refractivity contribution in [2.24, 2.45) is 7.05 Å². The molecule has 0 unspecified atom stereocenters. The van der Waals surface area contributed by atoms with E-state index in [2.05, 4.69) is 17.3 Å². The normalized spacial score (nSPS) is 10.8. The number of aryl methyl sites for hydroxylation is 1. The molecule has 0 fully saturated rings. The van der Waals surface area contributed by atoms with Gasteiger partial charge in [0, 0.05) is 19.8 Å². The van der Waals surface area contributed by atoms with E-state index < -0.39 is 0 Å². The number of hydrogen-bond acceptors (Lipinski definition) is 3. The van der Waals surface area contributed by atoms with Gasteiger partial charge in [0.2, 0.25) is 0 Å². The predicted molar refractivity (Wildman–Crippen MR) is 78.7 cm³/mol. The lowest BCUT2D eigenvalue weighted by Gasteiger charge is -2.04. The third-order valence-corrected chi connectivity index (χ3v) is 3.18. The van der Waals surface area contributed by atoms with Gasteiger partial charge in [0.05, 0.1) is 5.69 Å². The molecule has 1 aromatic rings. The van der Waals surface area contributed by atoms with Crippen LogP contribution in [0.3, 0.4) is 0 Å². The Morgan fingerprint density at radius 1 is 1.11 bits per heavy atom. The van der Waals surface area contributed by atoms with Crippen LogP contribution in [0.2, 0.25) is 0 Å². The number of nitrogen functional groups attached to an aromatic ring is 1. The molecule has 0 aliphatic heterocycles. The summed E-state index contributed by atoms with van der Waals surface area (Å²) in [5.41, 5.74) is 6.54. The first-order valence-electron chi connectivity index (χ1n) is 7.27. The quantitative estimate of drug-likeness (QED) is 0.626. The molecule has 1 rings (SSSR count). The van der Waals surface area contributed by atoms with E-state index in [1.54, 1.807) is 4.68 Å². The second-order valence-electron chi connectivity index (χ2n) is 5.01. The molecule has 0 aromatic carbocycles. The molecular formula is C14H28N4. The molecule has 0 saturated heterocycles. The van der Waals surface area contributed by atoms with Crippen LogP contribution in [-0.4, -0.2) is 16.3 Å². The van der Waals surface area contributed by atoms with E-state index >= 15 is 0 Å². The topological polar surface area (TPSA) is 55.9 Å². The van der Waals surface area contributed by atoms with Gasteiger partial charge in [0.25, 0.3) is 0 Å². The lowest BCUT2D eigenvalue weighted by Crippen LogP contribution is -2.04. The van der Waals surface area contributed by atoms with E-state index in [0.717, 1.165) is 18.1 Å².